The van der Waals surface area contributed by atoms with E-state index in [1.165, 1.54) is 37.8 Å². The molecule has 0 heterocycles. The quantitative estimate of drug-likeness (QED) is 0.728. The van der Waals surface area contributed by atoms with Gasteiger partial charge in [0.25, 0.3) is 0 Å². The highest BCUT2D eigenvalue weighted by Crippen LogP contribution is 2.30. The number of sulfonamides is 1. The Morgan fingerprint density at radius 3 is 2.52 bits per heavy atom. The van der Waals surface area contributed by atoms with E-state index in [1.807, 2.05) is 0 Å². The average Bonchev–Trinajstić information content (AvgIpc) is 2.42. The molecule has 21 heavy (non-hydrogen) atoms. The Morgan fingerprint density at radius 1 is 1.24 bits per heavy atom. The van der Waals surface area contributed by atoms with Crippen LogP contribution in [0.15, 0.2) is 23.1 Å². The predicted molar refractivity (Wildman–Crippen MR) is 86.5 cm³/mol. The van der Waals surface area contributed by atoms with Crippen LogP contribution in [0.3, 0.4) is 0 Å². The van der Waals surface area contributed by atoms with Crippen molar-refractivity contribution in [1.82, 2.24) is 0 Å². The van der Waals surface area contributed by atoms with Crippen molar-refractivity contribution in [2.24, 2.45) is 17.0 Å². The minimum absolute atomic E-state index is 0.0886. The normalized spacial score (nSPS) is 23.0. The molecule has 1 aromatic rings. The third kappa shape index (κ3) is 4.61. The molecule has 1 aliphatic rings. The molecule has 0 unspecified atom stereocenters. The van der Waals surface area contributed by atoms with E-state index in [4.69, 9.17) is 10.9 Å². The van der Waals surface area contributed by atoms with E-state index < -0.39 is 10.0 Å². The molecule has 5 nitrogen and oxygen atoms in total. The summed E-state index contributed by atoms with van der Waals surface area (Å²) in [5.74, 6) is 1.62. The van der Waals surface area contributed by atoms with Crippen LogP contribution >= 0.6 is 0 Å². The number of anilines is 2. The summed E-state index contributed by atoms with van der Waals surface area (Å²) in [6.45, 7) is 3.12. The zero-order chi connectivity index (χ0) is 15.5. The first-order valence-electron chi connectivity index (χ1n) is 7.52. The number of hydrogen-bond acceptors (Lipinski definition) is 4. The second kappa shape index (κ2) is 6.66. The van der Waals surface area contributed by atoms with Gasteiger partial charge in [0.2, 0.25) is 10.0 Å². The number of hydrogen-bond donors (Lipinski definition) is 3. The summed E-state index contributed by atoms with van der Waals surface area (Å²) in [5.41, 5.74) is 7.06. The summed E-state index contributed by atoms with van der Waals surface area (Å²) in [4.78, 5) is 0.0886. The van der Waals surface area contributed by atoms with Crippen molar-refractivity contribution in [1.29, 1.82) is 0 Å². The summed E-state index contributed by atoms with van der Waals surface area (Å²) in [6, 6.07) is 4.51. The third-order valence-corrected chi connectivity index (χ3v) is 5.27. The Morgan fingerprint density at radius 2 is 1.90 bits per heavy atom. The van der Waals surface area contributed by atoms with Crippen molar-refractivity contribution in [3.05, 3.63) is 18.2 Å². The second-order valence-electron chi connectivity index (χ2n) is 6.14. The van der Waals surface area contributed by atoms with E-state index >= 15 is 0 Å². The van der Waals surface area contributed by atoms with Gasteiger partial charge in [-0.2, -0.15) is 0 Å². The summed E-state index contributed by atoms with van der Waals surface area (Å²) in [5, 5.41) is 8.38. The first-order chi connectivity index (χ1) is 9.86. The number of rotatable bonds is 5. The summed E-state index contributed by atoms with van der Waals surface area (Å²) in [6.07, 6.45) is 6.29. The average molecular weight is 311 g/mol. The van der Waals surface area contributed by atoms with Crippen molar-refractivity contribution < 1.29 is 8.42 Å². The summed E-state index contributed by atoms with van der Waals surface area (Å²) in [7, 11) is -3.69. The van der Waals surface area contributed by atoms with Crippen molar-refractivity contribution >= 4 is 21.4 Å². The van der Waals surface area contributed by atoms with Crippen LogP contribution in [-0.4, -0.2) is 15.0 Å². The minimum Gasteiger partial charge on any atom is -0.397 e. The molecule has 0 spiro atoms. The summed E-state index contributed by atoms with van der Waals surface area (Å²) < 4.78 is 22.7. The number of nitrogen functional groups attached to an aromatic ring is 1. The van der Waals surface area contributed by atoms with Crippen LogP contribution in [0.5, 0.6) is 0 Å². The predicted octanol–water partition coefficient (Wildman–Crippen LogP) is 2.54. The van der Waals surface area contributed by atoms with E-state index in [9.17, 15) is 8.42 Å². The van der Waals surface area contributed by atoms with Crippen LogP contribution in [0.25, 0.3) is 0 Å². The molecule has 0 radical (unpaired) electrons. The number of nitrogens with two attached hydrogens (primary N) is 2. The Bertz CT molecular complexity index is 579. The van der Waals surface area contributed by atoms with E-state index in [-0.39, 0.29) is 4.90 Å². The van der Waals surface area contributed by atoms with Crippen LogP contribution < -0.4 is 16.2 Å². The molecule has 2 rings (SSSR count). The maximum atomic E-state index is 11.4. The molecule has 0 saturated heterocycles. The molecule has 1 fully saturated rings. The first-order valence-corrected chi connectivity index (χ1v) is 9.07. The van der Waals surface area contributed by atoms with Gasteiger partial charge in [0, 0.05) is 6.54 Å². The molecule has 0 atom stereocenters. The largest absolute Gasteiger partial charge is 0.397 e. The van der Waals surface area contributed by atoms with Crippen LogP contribution in [0.1, 0.15) is 39.0 Å². The lowest BCUT2D eigenvalue weighted by Crippen LogP contribution is -2.17. The molecule has 1 aromatic carbocycles. The number of primary sulfonamides is 1. The highest BCUT2D eigenvalue weighted by Gasteiger charge is 2.18. The van der Waals surface area contributed by atoms with Gasteiger partial charge in [-0.25, -0.2) is 13.6 Å². The van der Waals surface area contributed by atoms with Crippen molar-refractivity contribution in [3.63, 3.8) is 0 Å². The SMILES string of the molecule is CC1CCC(CCNc2cc(S(N)(=O)=O)ccc2N)CC1. The fraction of sp³-hybridized carbons (Fsp3) is 0.600. The molecule has 0 amide bonds. The highest BCUT2D eigenvalue weighted by atomic mass is 32.2. The van der Waals surface area contributed by atoms with Crippen molar-refractivity contribution in [2.75, 3.05) is 17.6 Å². The molecule has 6 heteroatoms. The van der Waals surface area contributed by atoms with Crippen LogP contribution in [0.2, 0.25) is 0 Å². The molecule has 0 aliphatic heterocycles. The monoisotopic (exact) mass is 311 g/mol. The van der Waals surface area contributed by atoms with Crippen molar-refractivity contribution in [2.45, 2.75) is 43.9 Å². The highest BCUT2D eigenvalue weighted by molar-refractivity contribution is 7.89. The van der Waals surface area contributed by atoms with Crippen LogP contribution in [0, 0.1) is 11.8 Å². The van der Waals surface area contributed by atoms with Gasteiger partial charge in [-0.15, -0.1) is 0 Å². The lowest BCUT2D eigenvalue weighted by atomic mass is 9.81. The topological polar surface area (TPSA) is 98.2 Å². The van der Waals surface area contributed by atoms with Gasteiger partial charge in [0.1, 0.15) is 0 Å². The lowest BCUT2D eigenvalue weighted by Gasteiger charge is -2.26. The zero-order valence-electron chi connectivity index (χ0n) is 12.5. The van der Waals surface area contributed by atoms with Gasteiger partial charge in [0.05, 0.1) is 16.3 Å². The number of benzene rings is 1. The standard InChI is InChI=1S/C15H25N3O2S/c1-11-2-4-12(5-3-11)8-9-18-15-10-13(21(17,19)20)6-7-14(15)16/h6-7,10-12,18H,2-5,8-9,16H2,1H3,(H2,17,19,20). The molecule has 118 valence electrons. The fourth-order valence-corrected chi connectivity index (χ4v) is 3.43. The molecule has 5 N–H and O–H groups in total. The van der Waals surface area contributed by atoms with E-state index in [0.29, 0.717) is 11.4 Å². The molecule has 1 aliphatic carbocycles. The zero-order valence-corrected chi connectivity index (χ0v) is 13.3. The Hall–Kier alpha value is -1.27. The van der Waals surface area contributed by atoms with Gasteiger partial charge >= 0.3 is 0 Å². The smallest absolute Gasteiger partial charge is 0.238 e. The van der Waals surface area contributed by atoms with Crippen LogP contribution in [0.4, 0.5) is 11.4 Å². The van der Waals surface area contributed by atoms with Gasteiger partial charge in [-0.3, -0.25) is 0 Å². The first kappa shape index (κ1) is 16.1. The molecular formula is C15H25N3O2S. The maximum Gasteiger partial charge on any atom is 0.238 e. The van der Waals surface area contributed by atoms with E-state index in [0.717, 1.165) is 24.8 Å². The van der Waals surface area contributed by atoms with E-state index in [2.05, 4.69) is 12.2 Å². The van der Waals surface area contributed by atoms with Gasteiger partial charge in [0.15, 0.2) is 0 Å². The lowest BCUT2D eigenvalue weighted by molar-refractivity contribution is 0.282. The van der Waals surface area contributed by atoms with Crippen molar-refractivity contribution in [3.8, 4) is 0 Å². The molecular weight excluding hydrogens is 286 g/mol. The van der Waals surface area contributed by atoms with Gasteiger partial charge in [-0.1, -0.05) is 32.6 Å². The molecule has 0 aromatic heterocycles. The van der Waals surface area contributed by atoms with E-state index in [1.54, 1.807) is 6.07 Å². The fourth-order valence-electron chi connectivity index (χ4n) is 2.89. The minimum atomic E-state index is -3.69. The maximum absolute atomic E-state index is 11.4. The van der Waals surface area contributed by atoms with Crippen LogP contribution in [-0.2, 0) is 10.0 Å². The Balaban J connectivity index is 1.91. The Kier molecular flexibility index (Phi) is 5.11. The summed E-state index contributed by atoms with van der Waals surface area (Å²) >= 11 is 0. The third-order valence-electron chi connectivity index (χ3n) is 4.36. The number of nitrogens with one attached hydrogen (secondary N) is 1. The molecule has 0 bridgehead atoms. The second-order valence-corrected chi connectivity index (χ2v) is 7.70. The van der Waals surface area contributed by atoms with Gasteiger partial charge < -0.3 is 11.1 Å². The molecule has 1 saturated carbocycles. The van der Waals surface area contributed by atoms with Gasteiger partial charge in [-0.05, 0) is 36.5 Å². The Labute approximate surface area is 127 Å².